The summed E-state index contributed by atoms with van der Waals surface area (Å²) >= 11 is 6.13. The Morgan fingerprint density at radius 3 is 2.40 bits per heavy atom. The number of aromatic hydroxyl groups is 2. The van der Waals surface area contributed by atoms with Crippen LogP contribution in [0.2, 0.25) is 5.02 Å². The lowest BCUT2D eigenvalue weighted by molar-refractivity contribution is 0.376. The summed E-state index contributed by atoms with van der Waals surface area (Å²) in [6.45, 7) is -0.0667. The summed E-state index contributed by atoms with van der Waals surface area (Å²) in [5.41, 5.74) is 0.479. The number of benzene rings is 1. The lowest BCUT2D eigenvalue weighted by atomic mass is 10.2. The molecule has 0 saturated heterocycles. The van der Waals surface area contributed by atoms with Crippen LogP contribution in [0, 0.1) is 0 Å². The van der Waals surface area contributed by atoms with Gasteiger partial charge in [0.15, 0.2) is 17.6 Å². The number of fused-ring (bicyclic) bond motifs is 1. The van der Waals surface area contributed by atoms with Gasteiger partial charge in [-0.15, -0.1) is 0 Å². The smallest absolute Gasteiger partial charge is 0.293 e. The van der Waals surface area contributed by atoms with Crippen molar-refractivity contribution in [2.75, 3.05) is 0 Å². The fraction of sp³-hybridized carbons (Fsp3) is 0.0625. The van der Waals surface area contributed by atoms with Crippen LogP contribution in [0.1, 0.15) is 5.69 Å². The van der Waals surface area contributed by atoms with Crippen molar-refractivity contribution in [3.63, 3.8) is 0 Å². The van der Waals surface area contributed by atoms with Gasteiger partial charge in [-0.1, -0.05) is 41.9 Å². The van der Waals surface area contributed by atoms with Crippen molar-refractivity contribution in [1.29, 1.82) is 0 Å². The number of halogens is 1. The molecule has 0 saturated carbocycles. The Morgan fingerprint density at radius 1 is 1.04 bits per heavy atom. The van der Waals surface area contributed by atoms with Gasteiger partial charge in [-0.25, -0.2) is 4.98 Å². The van der Waals surface area contributed by atoms with E-state index in [2.05, 4.69) is 15.1 Å². The average Bonchev–Trinajstić information content (AvgIpc) is 3.18. The molecule has 0 aliphatic rings. The molecular formula is C16H12ClN5O3. The molecule has 126 valence electrons. The molecule has 0 unspecified atom stereocenters. The van der Waals surface area contributed by atoms with Crippen LogP contribution in [-0.2, 0) is 6.54 Å². The second kappa shape index (κ2) is 5.67. The summed E-state index contributed by atoms with van der Waals surface area (Å²) in [5, 5.41) is 22.2. The number of rotatable bonds is 3. The molecule has 4 aromatic rings. The Balaban J connectivity index is 1.85. The van der Waals surface area contributed by atoms with E-state index in [9.17, 15) is 15.0 Å². The van der Waals surface area contributed by atoms with Gasteiger partial charge in [-0.2, -0.15) is 9.50 Å². The molecule has 0 fully saturated rings. The molecular weight excluding hydrogens is 346 g/mol. The zero-order valence-electron chi connectivity index (χ0n) is 12.7. The van der Waals surface area contributed by atoms with Gasteiger partial charge >= 0.3 is 0 Å². The zero-order valence-corrected chi connectivity index (χ0v) is 13.5. The van der Waals surface area contributed by atoms with Crippen LogP contribution in [0.3, 0.4) is 0 Å². The van der Waals surface area contributed by atoms with E-state index in [0.29, 0.717) is 5.82 Å². The molecule has 8 nitrogen and oxygen atoms in total. The van der Waals surface area contributed by atoms with Crippen molar-refractivity contribution in [1.82, 2.24) is 24.1 Å². The fourth-order valence-corrected chi connectivity index (χ4v) is 2.71. The summed E-state index contributed by atoms with van der Waals surface area (Å²) in [4.78, 5) is 21.1. The minimum Gasteiger partial charge on any atom is -0.494 e. The summed E-state index contributed by atoms with van der Waals surface area (Å²) in [6, 6.07) is 11.9. The minimum absolute atomic E-state index is 0.0667. The highest BCUT2D eigenvalue weighted by atomic mass is 35.5. The number of nitrogens with one attached hydrogen (secondary N) is 1. The monoisotopic (exact) mass is 357 g/mol. The lowest BCUT2D eigenvalue weighted by Crippen LogP contribution is -2.19. The first kappa shape index (κ1) is 15.3. The standard InChI is InChI=1S/C16H12ClN5O3/c17-13-10(8-21-11(23)6-7-12(21)24)18-16-19-14(20-22(16)15(13)25)9-4-2-1-3-5-9/h1-7,23-24H,8H2,(H,18,19,20). The fourth-order valence-electron chi connectivity index (χ4n) is 2.53. The van der Waals surface area contributed by atoms with E-state index in [4.69, 9.17) is 11.6 Å². The summed E-state index contributed by atoms with van der Waals surface area (Å²) in [7, 11) is 0. The van der Waals surface area contributed by atoms with Gasteiger partial charge in [0.05, 0.1) is 12.2 Å². The van der Waals surface area contributed by atoms with E-state index in [1.807, 2.05) is 30.3 Å². The highest BCUT2D eigenvalue weighted by Crippen LogP contribution is 2.24. The molecule has 0 spiro atoms. The third-order valence-electron chi connectivity index (χ3n) is 3.80. The molecule has 1 aromatic carbocycles. The van der Waals surface area contributed by atoms with E-state index in [-0.39, 0.29) is 34.8 Å². The zero-order chi connectivity index (χ0) is 17.6. The summed E-state index contributed by atoms with van der Waals surface area (Å²) < 4.78 is 2.33. The number of H-pyrrole nitrogens is 1. The maximum Gasteiger partial charge on any atom is 0.293 e. The van der Waals surface area contributed by atoms with Crippen LogP contribution in [-0.4, -0.2) is 34.4 Å². The molecule has 0 radical (unpaired) electrons. The second-order valence-electron chi connectivity index (χ2n) is 5.39. The van der Waals surface area contributed by atoms with Crippen molar-refractivity contribution in [3.05, 3.63) is 63.5 Å². The minimum atomic E-state index is -0.512. The van der Waals surface area contributed by atoms with Crippen LogP contribution in [0.4, 0.5) is 0 Å². The van der Waals surface area contributed by atoms with E-state index in [1.165, 1.54) is 16.7 Å². The Hall–Kier alpha value is -3.26. The predicted octanol–water partition coefficient (Wildman–Crippen LogP) is 2.00. The van der Waals surface area contributed by atoms with Crippen molar-refractivity contribution in [2.24, 2.45) is 0 Å². The van der Waals surface area contributed by atoms with Crippen LogP contribution in [0.15, 0.2) is 47.3 Å². The first-order chi connectivity index (χ1) is 12.0. The summed E-state index contributed by atoms with van der Waals surface area (Å²) in [6.07, 6.45) is 0. The molecule has 0 amide bonds. The molecule has 25 heavy (non-hydrogen) atoms. The normalized spacial score (nSPS) is 11.2. The van der Waals surface area contributed by atoms with Gasteiger partial charge in [0.2, 0.25) is 0 Å². The van der Waals surface area contributed by atoms with Crippen molar-refractivity contribution in [3.8, 4) is 23.1 Å². The number of aromatic nitrogens is 5. The first-order valence-corrected chi connectivity index (χ1v) is 7.72. The van der Waals surface area contributed by atoms with Gasteiger partial charge in [0.1, 0.15) is 5.02 Å². The molecule has 3 aromatic heterocycles. The summed E-state index contributed by atoms with van der Waals surface area (Å²) in [5.74, 6) is 0.296. The SMILES string of the molecule is O=c1c(Cl)c(Cn2c(O)ccc2O)nc2nc(-c3ccccc3)[nH]n12. The Morgan fingerprint density at radius 2 is 1.72 bits per heavy atom. The molecule has 0 aliphatic carbocycles. The molecule has 9 heteroatoms. The van der Waals surface area contributed by atoms with Gasteiger partial charge < -0.3 is 10.2 Å². The third-order valence-corrected chi connectivity index (χ3v) is 4.18. The van der Waals surface area contributed by atoms with Gasteiger partial charge in [0.25, 0.3) is 11.3 Å². The number of aromatic amines is 1. The molecule has 0 atom stereocenters. The third kappa shape index (κ3) is 2.52. The van der Waals surface area contributed by atoms with Gasteiger partial charge in [-0.3, -0.25) is 14.5 Å². The largest absolute Gasteiger partial charge is 0.494 e. The molecule has 4 rings (SSSR count). The number of nitrogens with zero attached hydrogens (tertiary/aromatic N) is 4. The van der Waals surface area contributed by atoms with Crippen molar-refractivity contribution < 1.29 is 10.2 Å². The van der Waals surface area contributed by atoms with E-state index in [0.717, 1.165) is 10.1 Å². The van der Waals surface area contributed by atoms with Crippen LogP contribution in [0.25, 0.3) is 17.2 Å². The highest BCUT2D eigenvalue weighted by Gasteiger charge is 2.17. The second-order valence-corrected chi connectivity index (χ2v) is 5.77. The van der Waals surface area contributed by atoms with Crippen LogP contribution < -0.4 is 5.56 Å². The average molecular weight is 358 g/mol. The van der Waals surface area contributed by atoms with Crippen LogP contribution >= 0.6 is 11.6 Å². The Labute approximate surface area is 145 Å². The highest BCUT2D eigenvalue weighted by molar-refractivity contribution is 6.31. The van der Waals surface area contributed by atoms with Gasteiger partial charge in [0, 0.05) is 17.7 Å². The molecule has 3 heterocycles. The van der Waals surface area contributed by atoms with Gasteiger partial charge in [-0.05, 0) is 0 Å². The number of hydrogen-bond acceptors (Lipinski definition) is 5. The number of hydrogen-bond donors (Lipinski definition) is 3. The Bertz CT molecular complexity index is 1110. The quantitative estimate of drug-likeness (QED) is 0.519. The topological polar surface area (TPSA) is 108 Å². The molecule has 3 N–H and O–H groups in total. The lowest BCUT2D eigenvalue weighted by Gasteiger charge is -2.07. The first-order valence-electron chi connectivity index (χ1n) is 7.34. The maximum atomic E-state index is 12.5. The van der Waals surface area contributed by atoms with E-state index >= 15 is 0 Å². The Kier molecular flexibility index (Phi) is 3.47. The predicted molar refractivity (Wildman–Crippen MR) is 90.9 cm³/mol. The van der Waals surface area contributed by atoms with Crippen molar-refractivity contribution >= 4 is 17.4 Å². The van der Waals surface area contributed by atoms with Crippen molar-refractivity contribution in [2.45, 2.75) is 6.54 Å². The van der Waals surface area contributed by atoms with Crippen LogP contribution in [0.5, 0.6) is 11.8 Å². The molecule has 0 bridgehead atoms. The maximum absolute atomic E-state index is 12.5. The molecule has 0 aliphatic heterocycles. The van der Waals surface area contributed by atoms with E-state index < -0.39 is 5.56 Å². The van der Waals surface area contributed by atoms with E-state index in [1.54, 1.807) is 0 Å².